The Hall–Kier alpha value is -3.31. The number of fused-ring (bicyclic) bond motifs is 1. The van der Waals surface area contributed by atoms with Crippen molar-refractivity contribution in [2.24, 2.45) is 0 Å². The molecule has 1 aliphatic rings. The molecule has 34 heavy (non-hydrogen) atoms. The fourth-order valence-electron chi connectivity index (χ4n) is 4.82. The number of rotatable bonds is 7. The maximum absolute atomic E-state index is 12.9. The highest BCUT2D eigenvalue weighted by molar-refractivity contribution is 6.30. The lowest BCUT2D eigenvalue weighted by molar-refractivity contribution is -0.117. The predicted molar refractivity (Wildman–Crippen MR) is 137 cm³/mol. The molecule has 174 valence electrons. The van der Waals surface area contributed by atoms with Crippen LogP contribution in [-0.4, -0.2) is 28.6 Å². The van der Waals surface area contributed by atoms with E-state index in [1.165, 1.54) is 0 Å². The molecule has 2 heterocycles. The van der Waals surface area contributed by atoms with Crippen LogP contribution in [0.1, 0.15) is 35.7 Å². The first kappa shape index (κ1) is 22.5. The Labute approximate surface area is 204 Å². The number of benzene rings is 3. The molecule has 1 amide bonds. The molecule has 1 saturated heterocycles. The van der Waals surface area contributed by atoms with E-state index in [1.807, 2.05) is 47.4 Å². The van der Waals surface area contributed by atoms with Crippen molar-refractivity contribution >= 4 is 34.2 Å². The molecule has 0 saturated carbocycles. The summed E-state index contributed by atoms with van der Waals surface area (Å²) in [5, 5.41) is 0.664. The first-order valence-corrected chi connectivity index (χ1v) is 12.1. The molecule has 0 radical (unpaired) electrons. The van der Waals surface area contributed by atoms with Gasteiger partial charge < -0.3 is 14.2 Å². The number of carbonyl (C=O) groups is 1. The van der Waals surface area contributed by atoms with Gasteiger partial charge in [0.25, 0.3) is 0 Å². The zero-order valence-electron chi connectivity index (χ0n) is 19.5. The van der Waals surface area contributed by atoms with E-state index in [9.17, 15) is 4.79 Å². The lowest BCUT2D eigenvalue weighted by atomic mass is 10.1. The Kier molecular flexibility index (Phi) is 6.29. The molecule has 6 heteroatoms. The summed E-state index contributed by atoms with van der Waals surface area (Å²) in [5.41, 5.74) is 5.25. The van der Waals surface area contributed by atoms with Gasteiger partial charge in [-0.15, -0.1) is 0 Å². The Bertz CT molecular complexity index is 1310. The van der Waals surface area contributed by atoms with Gasteiger partial charge in [-0.25, -0.2) is 4.98 Å². The van der Waals surface area contributed by atoms with Crippen molar-refractivity contribution in [1.29, 1.82) is 0 Å². The van der Waals surface area contributed by atoms with Crippen LogP contribution in [0.5, 0.6) is 5.75 Å². The molecular formula is C28H28ClN3O2. The second-order valence-corrected chi connectivity index (χ2v) is 9.35. The highest BCUT2D eigenvalue weighted by Gasteiger charge is 2.34. The number of aromatic nitrogens is 2. The average Bonchev–Trinajstić information content (AvgIpc) is 3.39. The largest absolute Gasteiger partial charge is 0.493 e. The Morgan fingerprint density at radius 3 is 2.50 bits per heavy atom. The zero-order valence-corrected chi connectivity index (χ0v) is 20.3. The standard InChI is InChI=1S/C28H28ClN3O2/c1-19-7-5-8-20(2)27(19)34-16-6-15-31-25-10-4-3-9-24(25)30-28(31)21-17-26(33)32(18-21)23-13-11-22(29)12-14-23/h3-5,7-14,21H,6,15-18H2,1-2H3/t21-/m1/s1. The minimum Gasteiger partial charge on any atom is -0.493 e. The van der Waals surface area contributed by atoms with Crippen molar-refractivity contribution in [3.05, 3.63) is 88.7 Å². The number of hydrogen-bond acceptors (Lipinski definition) is 3. The molecule has 0 aliphatic carbocycles. The van der Waals surface area contributed by atoms with Crippen molar-refractivity contribution < 1.29 is 9.53 Å². The lowest BCUT2D eigenvalue weighted by Crippen LogP contribution is -2.24. The molecular weight excluding hydrogens is 446 g/mol. The molecule has 5 rings (SSSR count). The zero-order chi connectivity index (χ0) is 23.7. The third-order valence-corrected chi connectivity index (χ3v) is 6.75. The molecule has 0 unspecified atom stereocenters. The van der Waals surface area contributed by atoms with Gasteiger partial charge in [0.2, 0.25) is 5.91 Å². The van der Waals surface area contributed by atoms with E-state index in [2.05, 4.69) is 42.7 Å². The van der Waals surface area contributed by atoms with Gasteiger partial charge in [-0.3, -0.25) is 4.79 Å². The lowest BCUT2D eigenvalue weighted by Gasteiger charge is -2.18. The van der Waals surface area contributed by atoms with Crippen LogP contribution in [0.15, 0.2) is 66.7 Å². The number of imidazole rings is 1. The third kappa shape index (κ3) is 4.40. The van der Waals surface area contributed by atoms with Crippen molar-refractivity contribution in [3.8, 4) is 5.75 Å². The van der Waals surface area contributed by atoms with Gasteiger partial charge in [0.15, 0.2) is 0 Å². The van der Waals surface area contributed by atoms with Gasteiger partial charge in [0, 0.05) is 36.1 Å². The molecule has 1 fully saturated rings. The van der Waals surface area contributed by atoms with E-state index in [1.54, 1.807) is 0 Å². The van der Waals surface area contributed by atoms with Crippen LogP contribution in [0.3, 0.4) is 0 Å². The first-order valence-electron chi connectivity index (χ1n) is 11.7. The van der Waals surface area contributed by atoms with E-state index >= 15 is 0 Å². The number of aryl methyl sites for hydroxylation is 3. The maximum atomic E-state index is 12.9. The molecule has 1 aromatic heterocycles. The van der Waals surface area contributed by atoms with E-state index in [4.69, 9.17) is 21.3 Å². The highest BCUT2D eigenvalue weighted by Crippen LogP contribution is 2.34. The summed E-state index contributed by atoms with van der Waals surface area (Å²) < 4.78 is 8.41. The van der Waals surface area contributed by atoms with Crippen molar-refractivity contribution in [1.82, 2.24) is 9.55 Å². The Morgan fingerprint density at radius 1 is 1.00 bits per heavy atom. The maximum Gasteiger partial charge on any atom is 0.227 e. The molecule has 4 aromatic rings. The van der Waals surface area contributed by atoms with Crippen LogP contribution in [0, 0.1) is 13.8 Å². The number of amides is 1. The Balaban J connectivity index is 1.35. The summed E-state index contributed by atoms with van der Waals surface area (Å²) in [6.45, 7) is 6.17. The molecule has 1 atom stereocenters. The fourth-order valence-corrected chi connectivity index (χ4v) is 4.94. The van der Waals surface area contributed by atoms with E-state index < -0.39 is 0 Å². The second kappa shape index (κ2) is 9.51. The second-order valence-electron chi connectivity index (χ2n) is 8.92. The monoisotopic (exact) mass is 473 g/mol. The van der Waals surface area contributed by atoms with Crippen molar-refractivity contribution in [3.63, 3.8) is 0 Å². The van der Waals surface area contributed by atoms with Crippen LogP contribution >= 0.6 is 11.6 Å². The first-order chi connectivity index (χ1) is 16.5. The van der Waals surface area contributed by atoms with Crippen LogP contribution < -0.4 is 9.64 Å². The van der Waals surface area contributed by atoms with Gasteiger partial charge in [-0.05, 0) is 67.8 Å². The van der Waals surface area contributed by atoms with Crippen LogP contribution in [-0.2, 0) is 11.3 Å². The molecule has 1 aliphatic heterocycles. The smallest absolute Gasteiger partial charge is 0.227 e. The van der Waals surface area contributed by atoms with Crippen molar-refractivity contribution in [2.75, 3.05) is 18.1 Å². The average molecular weight is 474 g/mol. The summed E-state index contributed by atoms with van der Waals surface area (Å²) in [6, 6.07) is 21.8. The number of halogens is 1. The quantitative estimate of drug-likeness (QED) is 0.296. The molecule has 5 nitrogen and oxygen atoms in total. The fraction of sp³-hybridized carbons (Fsp3) is 0.286. The predicted octanol–water partition coefficient (Wildman–Crippen LogP) is 6.30. The van der Waals surface area contributed by atoms with E-state index in [-0.39, 0.29) is 11.8 Å². The minimum absolute atomic E-state index is 0.0371. The van der Waals surface area contributed by atoms with Gasteiger partial charge in [0.05, 0.1) is 17.6 Å². The summed E-state index contributed by atoms with van der Waals surface area (Å²) in [6.07, 6.45) is 1.30. The van der Waals surface area contributed by atoms with E-state index in [0.29, 0.717) is 24.6 Å². The number of ether oxygens (including phenoxy) is 1. The van der Waals surface area contributed by atoms with Crippen LogP contribution in [0.25, 0.3) is 11.0 Å². The molecule has 3 aromatic carbocycles. The minimum atomic E-state index is 0.0371. The normalized spacial score (nSPS) is 15.9. The molecule has 0 N–H and O–H groups in total. The third-order valence-electron chi connectivity index (χ3n) is 6.49. The summed E-state index contributed by atoms with van der Waals surface area (Å²) >= 11 is 6.03. The number of anilines is 1. The van der Waals surface area contributed by atoms with Gasteiger partial charge in [-0.2, -0.15) is 0 Å². The number of carbonyl (C=O) groups excluding carboxylic acids is 1. The Morgan fingerprint density at radius 2 is 1.74 bits per heavy atom. The van der Waals surface area contributed by atoms with Crippen LogP contribution in [0.4, 0.5) is 5.69 Å². The van der Waals surface area contributed by atoms with Gasteiger partial charge >= 0.3 is 0 Å². The van der Waals surface area contributed by atoms with Gasteiger partial charge in [0.1, 0.15) is 11.6 Å². The summed E-state index contributed by atoms with van der Waals surface area (Å²) in [4.78, 5) is 19.7. The molecule has 0 spiro atoms. The van der Waals surface area contributed by atoms with Gasteiger partial charge in [-0.1, -0.05) is 41.9 Å². The molecule has 0 bridgehead atoms. The highest BCUT2D eigenvalue weighted by atomic mass is 35.5. The van der Waals surface area contributed by atoms with E-state index in [0.717, 1.165) is 52.4 Å². The number of nitrogens with zero attached hydrogens (tertiary/aromatic N) is 3. The SMILES string of the molecule is Cc1cccc(C)c1OCCCn1c([C@@H]2CC(=O)N(c3ccc(Cl)cc3)C2)nc2ccccc21. The topological polar surface area (TPSA) is 47.4 Å². The number of para-hydroxylation sites is 3. The summed E-state index contributed by atoms with van der Waals surface area (Å²) in [5.74, 6) is 2.09. The number of hydrogen-bond donors (Lipinski definition) is 0. The van der Waals surface area contributed by atoms with Crippen molar-refractivity contribution in [2.45, 2.75) is 39.2 Å². The van der Waals surface area contributed by atoms with Crippen LogP contribution in [0.2, 0.25) is 5.02 Å². The summed E-state index contributed by atoms with van der Waals surface area (Å²) in [7, 11) is 0.